The Labute approximate surface area is 133 Å². The SMILES string of the molecule is CNc1nc(C(=O)N2CCCC2COc2ccccc2)cs1. The second-order valence-electron chi connectivity index (χ2n) is 5.21. The van der Waals surface area contributed by atoms with Crippen molar-refractivity contribution in [3.63, 3.8) is 0 Å². The molecule has 1 unspecified atom stereocenters. The van der Waals surface area contributed by atoms with Crippen LogP contribution >= 0.6 is 11.3 Å². The molecule has 1 aromatic heterocycles. The van der Waals surface area contributed by atoms with Crippen molar-refractivity contribution in [1.82, 2.24) is 9.88 Å². The number of rotatable bonds is 5. The standard InChI is InChI=1S/C16H19N3O2S/c1-17-16-18-14(11-22-16)15(20)19-9-5-6-12(19)10-21-13-7-3-2-4-8-13/h2-4,7-8,11-12H,5-6,9-10H2,1H3,(H,17,18). The lowest BCUT2D eigenvalue weighted by atomic mass is 10.2. The fraction of sp³-hybridized carbons (Fsp3) is 0.375. The summed E-state index contributed by atoms with van der Waals surface area (Å²) in [5.74, 6) is 0.838. The molecule has 1 N–H and O–H groups in total. The van der Waals surface area contributed by atoms with E-state index in [1.807, 2.05) is 40.6 Å². The Morgan fingerprint density at radius 2 is 2.27 bits per heavy atom. The number of hydrogen-bond donors (Lipinski definition) is 1. The summed E-state index contributed by atoms with van der Waals surface area (Å²) < 4.78 is 5.81. The zero-order valence-corrected chi connectivity index (χ0v) is 13.3. The van der Waals surface area contributed by atoms with Crippen LogP contribution in [-0.2, 0) is 0 Å². The Morgan fingerprint density at radius 1 is 1.45 bits per heavy atom. The van der Waals surface area contributed by atoms with Crippen LogP contribution in [0.15, 0.2) is 35.7 Å². The van der Waals surface area contributed by atoms with E-state index in [4.69, 9.17) is 4.74 Å². The minimum Gasteiger partial charge on any atom is -0.491 e. The molecule has 1 aliphatic heterocycles. The first-order valence-corrected chi connectivity index (χ1v) is 8.28. The molecule has 0 bridgehead atoms. The minimum absolute atomic E-state index is 0.00286. The number of aromatic nitrogens is 1. The molecular weight excluding hydrogens is 298 g/mol. The Kier molecular flexibility index (Phi) is 4.58. The van der Waals surface area contributed by atoms with Gasteiger partial charge in [0, 0.05) is 19.0 Å². The van der Waals surface area contributed by atoms with Crippen LogP contribution in [-0.4, -0.2) is 42.0 Å². The van der Waals surface area contributed by atoms with E-state index in [2.05, 4.69) is 10.3 Å². The monoisotopic (exact) mass is 317 g/mol. The lowest BCUT2D eigenvalue weighted by Crippen LogP contribution is -2.39. The van der Waals surface area contributed by atoms with Crippen LogP contribution in [0.4, 0.5) is 5.13 Å². The van der Waals surface area contributed by atoms with Gasteiger partial charge < -0.3 is 15.0 Å². The maximum atomic E-state index is 12.6. The number of amides is 1. The number of carbonyl (C=O) groups excluding carboxylic acids is 1. The van der Waals surface area contributed by atoms with E-state index in [1.165, 1.54) is 11.3 Å². The molecular formula is C16H19N3O2S. The summed E-state index contributed by atoms with van der Waals surface area (Å²) in [5, 5.41) is 5.53. The van der Waals surface area contributed by atoms with Crippen LogP contribution in [0.5, 0.6) is 5.75 Å². The van der Waals surface area contributed by atoms with Crippen molar-refractivity contribution in [2.24, 2.45) is 0 Å². The highest BCUT2D eigenvalue weighted by atomic mass is 32.1. The Hall–Kier alpha value is -2.08. The first-order chi connectivity index (χ1) is 10.8. The van der Waals surface area contributed by atoms with Crippen molar-refractivity contribution in [3.05, 3.63) is 41.4 Å². The van der Waals surface area contributed by atoms with Crippen LogP contribution in [0, 0.1) is 0 Å². The number of carbonyl (C=O) groups is 1. The topological polar surface area (TPSA) is 54.5 Å². The van der Waals surface area contributed by atoms with Gasteiger partial charge in [0.15, 0.2) is 5.13 Å². The molecule has 2 heterocycles. The van der Waals surface area contributed by atoms with Gasteiger partial charge in [-0.1, -0.05) is 18.2 Å². The van der Waals surface area contributed by atoms with Crippen LogP contribution in [0.1, 0.15) is 23.3 Å². The van der Waals surface area contributed by atoms with Gasteiger partial charge in [-0.3, -0.25) is 4.79 Å². The quantitative estimate of drug-likeness (QED) is 0.921. The molecule has 1 fully saturated rings. The van der Waals surface area contributed by atoms with Crippen molar-refractivity contribution >= 4 is 22.4 Å². The van der Waals surface area contributed by atoms with Crippen molar-refractivity contribution in [2.45, 2.75) is 18.9 Å². The molecule has 116 valence electrons. The van der Waals surface area contributed by atoms with Crippen molar-refractivity contribution < 1.29 is 9.53 Å². The summed E-state index contributed by atoms with van der Waals surface area (Å²) in [6.07, 6.45) is 1.99. The lowest BCUT2D eigenvalue weighted by molar-refractivity contribution is 0.0686. The van der Waals surface area contributed by atoms with Gasteiger partial charge in [-0.2, -0.15) is 0 Å². The van der Waals surface area contributed by atoms with E-state index in [0.717, 1.165) is 30.3 Å². The maximum Gasteiger partial charge on any atom is 0.273 e. The zero-order chi connectivity index (χ0) is 15.4. The van der Waals surface area contributed by atoms with E-state index in [1.54, 1.807) is 7.05 Å². The number of anilines is 1. The van der Waals surface area contributed by atoms with Crippen molar-refractivity contribution in [2.75, 3.05) is 25.5 Å². The van der Waals surface area contributed by atoms with Gasteiger partial charge >= 0.3 is 0 Å². The summed E-state index contributed by atoms with van der Waals surface area (Å²) in [7, 11) is 1.81. The molecule has 0 aliphatic carbocycles. The second-order valence-corrected chi connectivity index (χ2v) is 6.06. The molecule has 6 heteroatoms. The summed E-state index contributed by atoms with van der Waals surface area (Å²) in [6, 6.07) is 9.83. The van der Waals surface area contributed by atoms with Gasteiger partial charge in [0.1, 0.15) is 18.1 Å². The van der Waals surface area contributed by atoms with E-state index in [-0.39, 0.29) is 11.9 Å². The van der Waals surface area contributed by atoms with Crippen LogP contribution in [0.3, 0.4) is 0 Å². The molecule has 0 radical (unpaired) electrons. The third kappa shape index (κ3) is 3.22. The normalized spacial score (nSPS) is 17.5. The number of benzene rings is 1. The predicted molar refractivity (Wildman–Crippen MR) is 87.7 cm³/mol. The smallest absolute Gasteiger partial charge is 0.273 e. The summed E-state index contributed by atoms with van der Waals surface area (Å²) in [6.45, 7) is 1.30. The van der Waals surface area contributed by atoms with Gasteiger partial charge in [-0.15, -0.1) is 11.3 Å². The van der Waals surface area contributed by atoms with Crippen LogP contribution in [0.25, 0.3) is 0 Å². The Morgan fingerprint density at radius 3 is 3.00 bits per heavy atom. The van der Waals surface area contributed by atoms with Gasteiger partial charge in [0.2, 0.25) is 0 Å². The lowest BCUT2D eigenvalue weighted by Gasteiger charge is -2.24. The van der Waals surface area contributed by atoms with E-state index in [9.17, 15) is 4.79 Å². The molecule has 2 aromatic rings. The molecule has 1 aromatic carbocycles. The van der Waals surface area contributed by atoms with Gasteiger partial charge in [-0.05, 0) is 25.0 Å². The molecule has 0 spiro atoms. The number of hydrogen-bond acceptors (Lipinski definition) is 5. The predicted octanol–water partition coefficient (Wildman–Crippen LogP) is 2.87. The average Bonchev–Trinajstić information content (AvgIpc) is 3.22. The van der Waals surface area contributed by atoms with Crippen LogP contribution in [0.2, 0.25) is 0 Å². The van der Waals surface area contributed by atoms with E-state index in [0.29, 0.717) is 12.3 Å². The number of thiazole rings is 1. The average molecular weight is 317 g/mol. The molecule has 1 amide bonds. The molecule has 1 atom stereocenters. The van der Waals surface area contributed by atoms with Gasteiger partial charge in [0.05, 0.1) is 6.04 Å². The molecule has 5 nitrogen and oxygen atoms in total. The van der Waals surface area contributed by atoms with E-state index >= 15 is 0 Å². The largest absolute Gasteiger partial charge is 0.491 e. The minimum atomic E-state index is -0.00286. The fourth-order valence-electron chi connectivity index (χ4n) is 2.62. The first-order valence-electron chi connectivity index (χ1n) is 7.40. The molecule has 22 heavy (non-hydrogen) atoms. The highest BCUT2D eigenvalue weighted by molar-refractivity contribution is 7.13. The Balaban J connectivity index is 1.63. The summed E-state index contributed by atoms with van der Waals surface area (Å²) in [4.78, 5) is 18.8. The summed E-state index contributed by atoms with van der Waals surface area (Å²) in [5.41, 5.74) is 0.515. The fourth-order valence-corrected chi connectivity index (χ4v) is 3.27. The number of para-hydroxylation sites is 1. The molecule has 1 aliphatic rings. The van der Waals surface area contributed by atoms with Gasteiger partial charge in [-0.25, -0.2) is 4.98 Å². The van der Waals surface area contributed by atoms with Crippen molar-refractivity contribution in [1.29, 1.82) is 0 Å². The third-order valence-electron chi connectivity index (χ3n) is 3.76. The number of nitrogens with one attached hydrogen (secondary N) is 1. The highest BCUT2D eigenvalue weighted by Crippen LogP contribution is 2.23. The summed E-state index contributed by atoms with van der Waals surface area (Å²) >= 11 is 1.45. The molecule has 1 saturated heterocycles. The molecule has 0 saturated carbocycles. The number of ether oxygens (including phenoxy) is 1. The van der Waals surface area contributed by atoms with Crippen LogP contribution < -0.4 is 10.1 Å². The van der Waals surface area contributed by atoms with Crippen molar-refractivity contribution in [3.8, 4) is 5.75 Å². The zero-order valence-electron chi connectivity index (χ0n) is 12.5. The maximum absolute atomic E-state index is 12.6. The third-order valence-corrected chi connectivity index (χ3v) is 4.62. The second kappa shape index (κ2) is 6.79. The van der Waals surface area contributed by atoms with E-state index < -0.39 is 0 Å². The van der Waals surface area contributed by atoms with Gasteiger partial charge in [0.25, 0.3) is 5.91 Å². The molecule has 3 rings (SSSR count). The Bertz CT molecular complexity index is 629. The highest BCUT2D eigenvalue weighted by Gasteiger charge is 2.31. The first kappa shape index (κ1) is 14.8. The number of nitrogens with zero attached hydrogens (tertiary/aromatic N) is 2. The number of likely N-dealkylation sites (tertiary alicyclic amines) is 1.